The molecule has 0 bridgehead atoms. The lowest BCUT2D eigenvalue weighted by molar-refractivity contribution is 0.0961. The second-order valence-corrected chi connectivity index (χ2v) is 3.58. The Bertz CT molecular complexity index is 359. The molecule has 0 aliphatic carbocycles. The van der Waals surface area contributed by atoms with Crippen LogP contribution in [0, 0.1) is 0 Å². The number of carbonyl (C=O) groups excluding carboxylic acids is 1. The fraction of sp³-hybridized carbons (Fsp3) is 0.500. The first kappa shape index (κ1) is 11.7. The third-order valence-corrected chi connectivity index (χ3v) is 2.25. The van der Waals surface area contributed by atoms with E-state index in [0.717, 1.165) is 11.3 Å². The van der Waals surface area contributed by atoms with Gasteiger partial charge in [-0.3, -0.25) is 4.79 Å². The summed E-state index contributed by atoms with van der Waals surface area (Å²) >= 11 is 0. The van der Waals surface area contributed by atoms with E-state index >= 15 is 0 Å². The minimum Gasteiger partial charge on any atom is -0.347 e. The van der Waals surface area contributed by atoms with Crippen molar-refractivity contribution in [1.29, 1.82) is 0 Å². The second-order valence-electron chi connectivity index (χ2n) is 3.58. The molecule has 1 aromatic heterocycles. The lowest BCUT2D eigenvalue weighted by atomic mass is 10.1. The molecule has 0 saturated heterocycles. The van der Waals surface area contributed by atoms with Gasteiger partial charge in [-0.25, -0.2) is 4.98 Å². The maximum atomic E-state index is 11.3. The zero-order valence-corrected chi connectivity index (χ0v) is 9.79. The van der Waals surface area contributed by atoms with Crippen LogP contribution in [-0.4, -0.2) is 10.9 Å². The van der Waals surface area contributed by atoms with E-state index in [2.05, 4.69) is 24.1 Å². The van der Waals surface area contributed by atoms with Gasteiger partial charge >= 0.3 is 0 Å². The van der Waals surface area contributed by atoms with Gasteiger partial charge in [-0.2, -0.15) is 0 Å². The minimum absolute atomic E-state index is 0.0440. The van der Waals surface area contributed by atoms with Crippen molar-refractivity contribution in [2.24, 2.45) is 0 Å². The van der Waals surface area contributed by atoms with E-state index in [1.807, 2.05) is 26.0 Å². The van der Waals surface area contributed by atoms with Crippen LogP contribution in [0.5, 0.6) is 0 Å². The van der Waals surface area contributed by atoms with E-state index in [4.69, 9.17) is 0 Å². The number of carbonyl (C=O) groups is 1. The summed E-state index contributed by atoms with van der Waals surface area (Å²) < 4.78 is 0. The predicted molar refractivity (Wildman–Crippen MR) is 60.8 cm³/mol. The molecule has 0 unspecified atom stereocenters. The van der Waals surface area contributed by atoms with E-state index < -0.39 is 0 Å². The molecule has 1 N–H and O–H groups in total. The van der Waals surface area contributed by atoms with Gasteiger partial charge in [0.05, 0.1) is 0 Å². The summed E-state index contributed by atoms with van der Waals surface area (Å²) in [6, 6.07) is 3.97. The van der Waals surface area contributed by atoms with Gasteiger partial charge in [-0.05, 0) is 12.0 Å². The molecule has 3 nitrogen and oxygen atoms in total. The van der Waals surface area contributed by atoms with Crippen molar-refractivity contribution in [3.05, 3.63) is 29.1 Å². The first-order valence-corrected chi connectivity index (χ1v) is 5.46. The van der Waals surface area contributed by atoms with Crippen LogP contribution in [0.1, 0.15) is 55.4 Å². The van der Waals surface area contributed by atoms with E-state index in [9.17, 15) is 4.79 Å². The van der Waals surface area contributed by atoms with Gasteiger partial charge in [-0.15, -0.1) is 0 Å². The Balaban J connectivity index is 0.000000531. The van der Waals surface area contributed by atoms with Crippen LogP contribution in [0.2, 0.25) is 0 Å². The van der Waals surface area contributed by atoms with E-state index in [0.29, 0.717) is 18.2 Å². The number of hydrogen-bond donors (Lipinski definition) is 1. The summed E-state index contributed by atoms with van der Waals surface area (Å²) in [6.07, 6.45) is 0. The standard InChI is InChI=1S/C10H12N2O.C2H6/c1-6(2)8-4-3-7-5-11-10(13)9(7)12-8;1-2/h3-4,6H,5H2,1-2H3,(H,11,13);1-2H3. The van der Waals surface area contributed by atoms with Crippen molar-refractivity contribution in [1.82, 2.24) is 10.3 Å². The summed E-state index contributed by atoms with van der Waals surface area (Å²) in [5.41, 5.74) is 2.59. The van der Waals surface area contributed by atoms with Crippen molar-refractivity contribution in [2.45, 2.75) is 40.2 Å². The summed E-state index contributed by atoms with van der Waals surface area (Å²) in [5, 5.41) is 2.75. The van der Waals surface area contributed by atoms with Crippen molar-refractivity contribution >= 4 is 5.91 Å². The molecular formula is C12H18N2O. The number of fused-ring (bicyclic) bond motifs is 1. The van der Waals surface area contributed by atoms with E-state index in [1.165, 1.54) is 0 Å². The molecule has 2 heterocycles. The van der Waals surface area contributed by atoms with Crippen LogP contribution >= 0.6 is 0 Å². The maximum Gasteiger partial charge on any atom is 0.270 e. The van der Waals surface area contributed by atoms with Crippen LogP contribution < -0.4 is 5.32 Å². The summed E-state index contributed by atoms with van der Waals surface area (Å²) in [4.78, 5) is 15.6. The normalized spacial score (nSPS) is 13.0. The van der Waals surface area contributed by atoms with Crippen molar-refractivity contribution in [3.8, 4) is 0 Å². The molecule has 15 heavy (non-hydrogen) atoms. The van der Waals surface area contributed by atoms with Crippen LogP contribution in [0.25, 0.3) is 0 Å². The molecule has 3 heteroatoms. The minimum atomic E-state index is -0.0440. The highest BCUT2D eigenvalue weighted by Crippen LogP contribution is 2.17. The lowest BCUT2D eigenvalue weighted by Gasteiger charge is -2.04. The molecular weight excluding hydrogens is 188 g/mol. The Labute approximate surface area is 90.9 Å². The van der Waals surface area contributed by atoms with Crippen molar-refractivity contribution in [3.63, 3.8) is 0 Å². The molecule has 0 saturated carbocycles. The Morgan fingerprint density at radius 3 is 2.60 bits per heavy atom. The molecule has 1 aliphatic rings. The summed E-state index contributed by atoms with van der Waals surface area (Å²) in [7, 11) is 0. The van der Waals surface area contributed by atoms with Gasteiger partial charge in [0.1, 0.15) is 5.69 Å². The molecule has 1 aromatic rings. The van der Waals surface area contributed by atoms with Gasteiger partial charge in [0.2, 0.25) is 0 Å². The van der Waals surface area contributed by atoms with Crippen molar-refractivity contribution in [2.75, 3.05) is 0 Å². The predicted octanol–water partition coefficient (Wildman–Crippen LogP) is 2.47. The van der Waals surface area contributed by atoms with Gasteiger partial charge in [0.25, 0.3) is 5.91 Å². The fourth-order valence-electron chi connectivity index (χ4n) is 1.42. The molecule has 2 rings (SSSR count). The average Bonchev–Trinajstić information content (AvgIpc) is 2.63. The Kier molecular flexibility index (Phi) is 3.83. The quantitative estimate of drug-likeness (QED) is 0.767. The fourth-order valence-corrected chi connectivity index (χ4v) is 1.42. The lowest BCUT2D eigenvalue weighted by Crippen LogP contribution is -2.13. The summed E-state index contributed by atoms with van der Waals surface area (Å²) in [6.45, 7) is 8.77. The largest absolute Gasteiger partial charge is 0.347 e. The highest BCUT2D eigenvalue weighted by atomic mass is 16.2. The van der Waals surface area contributed by atoms with Crippen LogP contribution in [0.3, 0.4) is 0 Å². The molecule has 82 valence electrons. The Morgan fingerprint density at radius 2 is 2.00 bits per heavy atom. The number of nitrogens with zero attached hydrogens (tertiary/aromatic N) is 1. The number of aromatic nitrogens is 1. The monoisotopic (exact) mass is 206 g/mol. The molecule has 1 aliphatic heterocycles. The van der Waals surface area contributed by atoms with Crippen molar-refractivity contribution < 1.29 is 4.79 Å². The first-order valence-electron chi connectivity index (χ1n) is 5.46. The van der Waals surface area contributed by atoms with Gasteiger partial charge in [0.15, 0.2) is 0 Å². The molecule has 0 radical (unpaired) electrons. The molecule has 0 aromatic carbocycles. The van der Waals surface area contributed by atoms with Gasteiger partial charge in [0, 0.05) is 17.8 Å². The smallest absolute Gasteiger partial charge is 0.270 e. The van der Waals surface area contributed by atoms with E-state index in [1.54, 1.807) is 0 Å². The number of pyridine rings is 1. The van der Waals surface area contributed by atoms with Crippen LogP contribution in [-0.2, 0) is 6.54 Å². The first-order chi connectivity index (χ1) is 7.18. The number of hydrogen-bond acceptors (Lipinski definition) is 2. The summed E-state index contributed by atoms with van der Waals surface area (Å²) in [5.74, 6) is 0.330. The topological polar surface area (TPSA) is 42.0 Å². The number of rotatable bonds is 1. The average molecular weight is 206 g/mol. The number of nitrogens with one attached hydrogen (secondary N) is 1. The van der Waals surface area contributed by atoms with Gasteiger partial charge in [-0.1, -0.05) is 33.8 Å². The zero-order chi connectivity index (χ0) is 11.4. The molecule has 0 atom stereocenters. The number of amides is 1. The molecule has 0 fully saturated rings. The highest BCUT2D eigenvalue weighted by Gasteiger charge is 2.20. The van der Waals surface area contributed by atoms with Crippen LogP contribution in [0.15, 0.2) is 12.1 Å². The van der Waals surface area contributed by atoms with Crippen LogP contribution in [0.4, 0.5) is 0 Å². The molecule has 0 spiro atoms. The highest BCUT2D eigenvalue weighted by molar-refractivity contribution is 5.96. The van der Waals surface area contributed by atoms with Gasteiger partial charge < -0.3 is 5.32 Å². The van der Waals surface area contributed by atoms with E-state index in [-0.39, 0.29) is 5.91 Å². The Hall–Kier alpha value is -1.38. The Morgan fingerprint density at radius 1 is 1.33 bits per heavy atom. The SMILES string of the molecule is CC.CC(C)c1ccc2c(n1)C(=O)NC2. The third kappa shape index (κ3) is 2.35. The second kappa shape index (κ2) is 4.91. The third-order valence-electron chi connectivity index (χ3n) is 2.25. The maximum absolute atomic E-state index is 11.3. The zero-order valence-electron chi connectivity index (χ0n) is 9.79. The molecule has 1 amide bonds.